The number of nitrogens with one attached hydrogen (secondary N) is 1. The Morgan fingerprint density at radius 1 is 1.36 bits per heavy atom. The molecule has 0 spiro atoms. The zero-order chi connectivity index (χ0) is 18.6. The molecule has 2 N–H and O–H groups in total. The van der Waals surface area contributed by atoms with Crippen molar-refractivity contribution < 1.29 is 19.0 Å². The van der Waals surface area contributed by atoms with Gasteiger partial charge in [-0.2, -0.15) is 5.10 Å². The van der Waals surface area contributed by atoms with Gasteiger partial charge in [0.2, 0.25) is 0 Å². The van der Waals surface area contributed by atoms with E-state index in [1.54, 1.807) is 17.9 Å². The summed E-state index contributed by atoms with van der Waals surface area (Å²) in [5.74, 6) is -0.195. The number of amides is 1. The first-order valence-electron chi connectivity index (χ1n) is 8.05. The predicted molar refractivity (Wildman–Crippen MR) is 92.1 cm³/mol. The Bertz CT molecular complexity index is 720. The van der Waals surface area contributed by atoms with E-state index in [1.165, 1.54) is 24.3 Å². The highest BCUT2D eigenvalue weighted by atomic mass is 19.1. The Balaban J connectivity index is 1.88. The lowest BCUT2D eigenvalue weighted by atomic mass is 9.89. The first-order valence-corrected chi connectivity index (χ1v) is 8.05. The number of aryl methyl sites for hydroxylation is 1. The van der Waals surface area contributed by atoms with Crippen molar-refractivity contribution in [3.8, 4) is 5.75 Å². The van der Waals surface area contributed by atoms with Crippen LogP contribution in [-0.2, 0) is 12.5 Å². The molecule has 0 saturated heterocycles. The highest BCUT2D eigenvalue weighted by molar-refractivity contribution is 5.95. The third kappa shape index (κ3) is 5.29. The molecule has 25 heavy (non-hydrogen) atoms. The molecule has 1 unspecified atom stereocenters. The Morgan fingerprint density at radius 3 is 2.60 bits per heavy atom. The number of nitrogens with zero attached hydrogens (tertiary/aromatic N) is 2. The number of benzene rings is 1. The second-order valence-corrected chi connectivity index (χ2v) is 6.94. The Kier molecular flexibility index (Phi) is 5.79. The summed E-state index contributed by atoms with van der Waals surface area (Å²) in [6, 6.07) is 5.51. The van der Waals surface area contributed by atoms with E-state index in [-0.39, 0.29) is 30.3 Å². The van der Waals surface area contributed by atoms with Gasteiger partial charge < -0.3 is 15.2 Å². The number of hydrogen-bond donors (Lipinski definition) is 2. The quantitative estimate of drug-likeness (QED) is 0.837. The van der Waals surface area contributed by atoms with Gasteiger partial charge in [-0.15, -0.1) is 0 Å². The third-order valence-corrected chi connectivity index (χ3v) is 3.54. The molecule has 1 heterocycles. The minimum atomic E-state index is -0.885. The van der Waals surface area contributed by atoms with Crippen LogP contribution in [0.25, 0.3) is 0 Å². The molecule has 7 heteroatoms. The number of halogens is 1. The molecule has 1 aromatic heterocycles. The van der Waals surface area contributed by atoms with Crippen molar-refractivity contribution in [2.45, 2.75) is 32.3 Å². The standard InChI is InChI=1S/C18H24FN3O3/c1-18(2,3)16-15(10-22(4)21-16)17(24)20-9-13(23)11-25-14-7-5-12(19)6-8-14/h5-8,10,13,23H,9,11H2,1-4H3,(H,20,24). The lowest BCUT2D eigenvalue weighted by Gasteiger charge is -2.18. The molecule has 1 aromatic carbocycles. The smallest absolute Gasteiger partial charge is 0.254 e. The number of hydrogen-bond acceptors (Lipinski definition) is 4. The van der Waals surface area contributed by atoms with E-state index in [0.29, 0.717) is 17.0 Å². The lowest BCUT2D eigenvalue weighted by Crippen LogP contribution is -2.36. The van der Waals surface area contributed by atoms with Crippen LogP contribution in [0.15, 0.2) is 30.5 Å². The average molecular weight is 349 g/mol. The first kappa shape index (κ1) is 18.9. The molecule has 1 amide bonds. The summed E-state index contributed by atoms with van der Waals surface area (Å²) in [7, 11) is 1.76. The SMILES string of the molecule is Cn1cc(C(=O)NCC(O)COc2ccc(F)cc2)c(C(C)(C)C)n1. The topological polar surface area (TPSA) is 76.4 Å². The van der Waals surface area contributed by atoms with Crippen LogP contribution in [0, 0.1) is 5.82 Å². The van der Waals surface area contributed by atoms with Crippen LogP contribution in [0.5, 0.6) is 5.75 Å². The van der Waals surface area contributed by atoms with Crippen molar-refractivity contribution in [2.75, 3.05) is 13.2 Å². The van der Waals surface area contributed by atoms with Gasteiger partial charge in [0.25, 0.3) is 5.91 Å². The van der Waals surface area contributed by atoms with Gasteiger partial charge in [0, 0.05) is 25.2 Å². The van der Waals surface area contributed by atoms with Crippen LogP contribution in [0.2, 0.25) is 0 Å². The van der Waals surface area contributed by atoms with Crippen molar-refractivity contribution in [1.82, 2.24) is 15.1 Å². The van der Waals surface area contributed by atoms with Gasteiger partial charge in [-0.1, -0.05) is 20.8 Å². The average Bonchev–Trinajstić information content (AvgIpc) is 2.94. The normalized spacial score (nSPS) is 12.7. The summed E-state index contributed by atoms with van der Waals surface area (Å²) in [4.78, 5) is 12.4. The number of aliphatic hydroxyl groups excluding tert-OH is 1. The molecule has 136 valence electrons. The maximum Gasteiger partial charge on any atom is 0.254 e. The minimum absolute atomic E-state index is 0.00885. The third-order valence-electron chi connectivity index (χ3n) is 3.54. The second-order valence-electron chi connectivity index (χ2n) is 6.94. The molecule has 0 aliphatic rings. The summed E-state index contributed by atoms with van der Waals surface area (Å²) in [5.41, 5.74) is 0.921. The van der Waals surface area contributed by atoms with E-state index in [0.717, 1.165) is 0 Å². The molecule has 0 aliphatic heterocycles. The van der Waals surface area contributed by atoms with Crippen molar-refractivity contribution >= 4 is 5.91 Å². The molecular formula is C18H24FN3O3. The van der Waals surface area contributed by atoms with Gasteiger partial charge in [-0.25, -0.2) is 4.39 Å². The molecule has 0 bridgehead atoms. The number of ether oxygens (including phenoxy) is 1. The molecule has 0 radical (unpaired) electrons. The van der Waals surface area contributed by atoms with Gasteiger partial charge in [0.1, 0.15) is 24.3 Å². The fraction of sp³-hybridized carbons (Fsp3) is 0.444. The summed E-state index contributed by atoms with van der Waals surface area (Å²) in [5, 5.41) is 17.0. The molecule has 2 aromatic rings. The van der Waals surface area contributed by atoms with Crippen molar-refractivity contribution in [3.05, 3.63) is 47.5 Å². The van der Waals surface area contributed by atoms with Gasteiger partial charge in [-0.3, -0.25) is 9.48 Å². The van der Waals surface area contributed by atoms with Crippen LogP contribution in [-0.4, -0.2) is 40.0 Å². The highest BCUT2D eigenvalue weighted by Gasteiger charge is 2.25. The van der Waals surface area contributed by atoms with E-state index < -0.39 is 6.10 Å². The van der Waals surface area contributed by atoms with E-state index in [9.17, 15) is 14.3 Å². The fourth-order valence-electron chi connectivity index (χ4n) is 2.30. The first-order chi connectivity index (χ1) is 11.7. The summed E-state index contributed by atoms with van der Waals surface area (Å²) < 4.78 is 19.8. The van der Waals surface area contributed by atoms with Crippen LogP contribution in [0.1, 0.15) is 36.8 Å². The van der Waals surface area contributed by atoms with Crippen molar-refractivity contribution in [1.29, 1.82) is 0 Å². The van der Waals surface area contributed by atoms with E-state index in [4.69, 9.17) is 4.74 Å². The Morgan fingerprint density at radius 2 is 2.00 bits per heavy atom. The van der Waals surface area contributed by atoms with Crippen molar-refractivity contribution in [2.24, 2.45) is 7.05 Å². The molecule has 2 rings (SSSR count). The highest BCUT2D eigenvalue weighted by Crippen LogP contribution is 2.24. The molecule has 0 saturated carbocycles. The van der Waals surface area contributed by atoms with Gasteiger partial charge in [-0.05, 0) is 24.3 Å². The lowest BCUT2D eigenvalue weighted by molar-refractivity contribution is 0.0842. The molecule has 0 aliphatic carbocycles. The number of aliphatic hydroxyl groups is 1. The number of aromatic nitrogens is 2. The van der Waals surface area contributed by atoms with Crippen LogP contribution in [0.4, 0.5) is 4.39 Å². The maximum absolute atomic E-state index is 12.8. The number of carbonyl (C=O) groups is 1. The minimum Gasteiger partial charge on any atom is -0.491 e. The largest absolute Gasteiger partial charge is 0.491 e. The Hall–Kier alpha value is -2.41. The zero-order valence-corrected chi connectivity index (χ0v) is 14.9. The summed E-state index contributed by atoms with van der Waals surface area (Å²) >= 11 is 0. The number of rotatable bonds is 6. The summed E-state index contributed by atoms with van der Waals surface area (Å²) in [6.07, 6.45) is 0.779. The van der Waals surface area contributed by atoms with Gasteiger partial charge in [0.15, 0.2) is 0 Å². The monoisotopic (exact) mass is 349 g/mol. The number of carbonyl (C=O) groups excluding carboxylic acids is 1. The maximum atomic E-state index is 12.8. The molecular weight excluding hydrogens is 325 g/mol. The van der Waals surface area contributed by atoms with E-state index >= 15 is 0 Å². The predicted octanol–water partition coefficient (Wildman–Crippen LogP) is 2.03. The van der Waals surface area contributed by atoms with E-state index in [2.05, 4.69) is 10.4 Å². The van der Waals surface area contributed by atoms with Gasteiger partial charge in [0.05, 0.1) is 11.3 Å². The second kappa shape index (κ2) is 7.65. The van der Waals surface area contributed by atoms with Crippen molar-refractivity contribution in [3.63, 3.8) is 0 Å². The summed E-state index contributed by atoms with van der Waals surface area (Å²) in [6.45, 7) is 5.98. The fourth-order valence-corrected chi connectivity index (χ4v) is 2.30. The van der Waals surface area contributed by atoms with Crippen LogP contribution >= 0.6 is 0 Å². The molecule has 1 atom stereocenters. The van der Waals surface area contributed by atoms with Crippen LogP contribution < -0.4 is 10.1 Å². The molecule has 6 nitrogen and oxygen atoms in total. The van der Waals surface area contributed by atoms with Gasteiger partial charge >= 0.3 is 0 Å². The van der Waals surface area contributed by atoms with Crippen LogP contribution in [0.3, 0.4) is 0 Å². The molecule has 0 fully saturated rings. The Labute approximate surface area is 146 Å². The van der Waals surface area contributed by atoms with E-state index in [1.807, 2.05) is 20.8 Å². The zero-order valence-electron chi connectivity index (χ0n) is 14.9.